The lowest BCUT2D eigenvalue weighted by Gasteiger charge is -2.06. The van der Waals surface area contributed by atoms with Crippen LogP contribution in [0.1, 0.15) is 277 Å². The summed E-state index contributed by atoms with van der Waals surface area (Å²) in [5.74, 6) is 0. The molecule has 46 heavy (non-hydrogen) atoms. The van der Waals surface area contributed by atoms with Crippen LogP contribution < -0.4 is 5.32 Å². The van der Waals surface area contributed by atoms with Gasteiger partial charge in [-0.05, 0) is 25.9 Å². The molecule has 0 spiro atoms. The molecule has 278 valence electrons. The highest BCUT2D eigenvalue weighted by atomic mass is 14.8. The minimum absolute atomic E-state index is 1.25. The van der Waals surface area contributed by atoms with Gasteiger partial charge in [0, 0.05) is 0 Å². The van der Waals surface area contributed by atoms with E-state index < -0.39 is 0 Å². The highest BCUT2D eigenvalue weighted by Gasteiger charge is 1.98. The Hall–Kier alpha value is -0.0400. The van der Waals surface area contributed by atoms with Gasteiger partial charge in [0.2, 0.25) is 0 Å². The van der Waals surface area contributed by atoms with Gasteiger partial charge in [0.05, 0.1) is 0 Å². The maximum absolute atomic E-state index is 3.70. The SMILES string of the molecule is CCCCCCCCCCCCCCCCCCCCCCCCCCCNCCCCCCCCCCCCCCCCCC. The van der Waals surface area contributed by atoms with Crippen molar-refractivity contribution in [1.82, 2.24) is 5.32 Å². The molecule has 0 unspecified atom stereocenters. The number of nitrogens with one attached hydrogen (secondary N) is 1. The molecule has 0 aliphatic rings. The zero-order valence-electron chi connectivity index (χ0n) is 32.9. The predicted molar refractivity (Wildman–Crippen MR) is 214 cm³/mol. The van der Waals surface area contributed by atoms with Crippen LogP contribution >= 0.6 is 0 Å². The number of unbranched alkanes of at least 4 members (excludes halogenated alkanes) is 39. The Kier molecular flexibility index (Phi) is 44.9. The van der Waals surface area contributed by atoms with Crippen molar-refractivity contribution in [3.8, 4) is 0 Å². The van der Waals surface area contributed by atoms with E-state index in [0.29, 0.717) is 0 Å². The summed E-state index contributed by atoms with van der Waals surface area (Å²) in [6.45, 7) is 7.11. The lowest BCUT2D eigenvalue weighted by Crippen LogP contribution is -2.16. The molecule has 0 radical (unpaired) electrons. The summed E-state index contributed by atoms with van der Waals surface area (Å²) in [6.07, 6.45) is 60.2. The molecule has 0 aromatic carbocycles. The average Bonchev–Trinajstić information content (AvgIpc) is 3.07. The molecule has 0 aliphatic carbocycles. The first-order chi connectivity index (χ1) is 22.9. The third kappa shape index (κ3) is 44.0. The second-order valence-electron chi connectivity index (χ2n) is 15.5. The Morgan fingerprint density at radius 2 is 0.304 bits per heavy atom. The fourth-order valence-electron chi connectivity index (χ4n) is 7.31. The van der Waals surface area contributed by atoms with Crippen molar-refractivity contribution >= 4 is 0 Å². The molecule has 0 amide bonds. The van der Waals surface area contributed by atoms with Gasteiger partial charge in [0.1, 0.15) is 0 Å². The first kappa shape index (κ1) is 46.0. The molecule has 0 atom stereocenters. The highest BCUT2D eigenvalue weighted by Crippen LogP contribution is 2.16. The van der Waals surface area contributed by atoms with E-state index in [1.54, 1.807) is 0 Å². The van der Waals surface area contributed by atoms with Crippen molar-refractivity contribution in [2.24, 2.45) is 0 Å². The summed E-state index contributed by atoms with van der Waals surface area (Å²) in [4.78, 5) is 0. The van der Waals surface area contributed by atoms with E-state index in [1.165, 1.54) is 276 Å². The molecule has 0 aliphatic heterocycles. The van der Waals surface area contributed by atoms with Crippen molar-refractivity contribution in [1.29, 1.82) is 0 Å². The van der Waals surface area contributed by atoms with Gasteiger partial charge in [-0.25, -0.2) is 0 Å². The lowest BCUT2D eigenvalue weighted by atomic mass is 10.0. The topological polar surface area (TPSA) is 12.0 Å². The summed E-state index contributed by atoms with van der Waals surface area (Å²) in [5.41, 5.74) is 0. The maximum atomic E-state index is 3.70. The zero-order valence-corrected chi connectivity index (χ0v) is 32.9. The van der Waals surface area contributed by atoms with Crippen LogP contribution in [-0.2, 0) is 0 Å². The molecular formula is C45H93N. The zero-order chi connectivity index (χ0) is 33.1. The van der Waals surface area contributed by atoms with Gasteiger partial charge in [-0.15, -0.1) is 0 Å². The van der Waals surface area contributed by atoms with Gasteiger partial charge in [-0.3, -0.25) is 0 Å². The second-order valence-corrected chi connectivity index (χ2v) is 15.5. The fraction of sp³-hybridized carbons (Fsp3) is 1.00. The number of hydrogen-bond donors (Lipinski definition) is 1. The van der Waals surface area contributed by atoms with Crippen molar-refractivity contribution in [3.05, 3.63) is 0 Å². The fourth-order valence-corrected chi connectivity index (χ4v) is 7.31. The molecule has 0 aromatic heterocycles. The van der Waals surface area contributed by atoms with Crippen molar-refractivity contribution in [2.45, 2.75) is 277 Å². The first-order valence-corrected chi connectivity index (χ1v) is 22.6. The van der Waals surface area contributed by atoms with E-state index in [2.05, 4.69) is 19.2 Å². The van der Waals surface area contributed by atoms with Crippen molar-refractivity contribution in [2.75, 3.05) is 13.1 Å². The molecular weight excluding hydrogens is 555 g/mol. The average molecular weight is 648 g/mol. The highest BCUT2D eigenvalue weighted by molar-refractivity contribution is 4.55. The molecule has 0 saturated heterocycles. The first-order valence-electron chi connectivity index (χ1n) is 22.6. The van der Waals surface area contributed by atoms with Gasteiger partial charge < -0.3 is 5.32 Å². The van der Waals surface area contributed by atoms with Gasteiger partial charge in [0.25, 0.3) is 0 Å². The van der Waals surface area contributed by atoms with Crippen LogP contribution in [0.25, 0.3) is 0 Å². The lowest BCUT2D eigenvalue weighted by molar-refractivity contribution is 0.512. The second kappa shape index (κ2) is 45.0. The van der Waals surface area contributed by atoms with Crippen molar-refractivity contribution < 1.29 is 0 Å². The van der Waals surface area contributed by atoms with Gasteiger partial charge in [0.15, 0.2) is 0 Å². The quantitative estimate of drug-likeness (QED) is 0.0649. The van der Waals surface area contributed by atoms with E-state index >= 15 is 0 Å². The van der Waals surface area contributed by atoms with Gasteiger partial charge in [-0.1, -0.05) is 264 Å². The number of rotatable bonds is 43. The molecule has 0 aromatic rings. The molecule has 0 fully saturated rings. The van der Waals surface area contributed by atoms with Crippen LogP contribution in [0.2, 0.25) is 0 Å². The molecule has 1 heteroatoms. The Bertz CT molecular complexity index is 443. The summed E-state index contributed by atoms with van der Waals surface area (Å²) in [5, 5.41) is 3.70. The van der Waals surface area contributed by atoms with E-state index in [4.69, 9.17) is 0 Å². The monoisotopic (exact) mass is 648 g/mol. The summed E-state index contributed by atoms with van der Waals surface area (Å²) in [6, 6.07) is 0. The van der Waals surface area contributed by atoms with E-state index in [0.717, 1.165) is 0 Å². The normalized spacial score (nSPS) is 11.6. The summed E-state index contributed by atoms with van der Waals surface area (Å²) < 4.78 is 0. The number of hydrogen-bond acceptors (Lipinski definition) is 1. The van der Waals surface area contributed by atoms with Gasteiger partial charge >= 0.3 is 0 Å². The summed E-state index contributed by atoms with van der Waals surface area (Å²) in [7, 11) is 0. The van der Waals surface area contributed by atoms with Gasteiger partial charge in [-0.2, -0.15) is 0 Å². The molecule has 0 rings (SSSR count). The third-order valence-electron chi connectivity index (χ3n) is 10.7. The molecule has 1 nitrogen and oxygen atoms in total. The third-order valence-corrected chi connectivity index (χ3v) is 10.7. The molecule has 1 N–H and O–H groups in total. The van der Waals surface area contributed by atoms with Crippen LogP contribution in [0, 0.1) is 0 Å². The van der Waals surface area contributed by atoms with Crippen molar-refractivity contribution in [3.63, 3.8) is 0 Å². The molecule has 0 bridgehead atoms. The predicted octanol–water partition coefficient (Wildman–Crippen LogP) is 16.6. The largest absolute Gasteiger partial charge is 0.317 e. The maximum Gasteiger partial charge on any atom is -0.00489 e. The minimum Gasteiger partial charge on any atom is -0.317 e. The Morgan fingerprint density at radius 1 is 0.174 bits per heavy atom. The minimum atomic E-state index is 1.25. The summed E-state index contributed by atoms with van der Waals surface area (Å²) >= 11 is 0. The molecule has 0 heterocycles. The Balaban J connectivity index is 3.03. The van der Waals surface area contributed by atoms with Crippen LogP contribution in [0.15, 0.2) is 0 Å². The van der Waals surface area contributed by atoms with Crippen LogP contribution in [-0.4, -0.2) is 13.1 Å². The standard InChI is InChI=1S/C45H93N/c1-3-5-7-9-11-13-15-17-19-21-22-23-24-25-26-27-28-29-31-33-35-37-39-41-43-45-46-44-42-40-38-36-34-32-30-20-18-16-14-12-10-8-6-4-2/h46H,3-45H2,1-2H3. The van der Waals surface area contributed by atoms with Crippen LogP contribution in [0.3, 0.4) is 0 Å². The smallest absolute Gasteiger partial charge is 0.00489 e. The van der Waals surface area contributed by atoms with E-state index in [9.17, 15) is 0 Å². The van der Waals surface area contributed by atoms with E-state index in [-0.39, 0.29) is 0 Å². The Labute approximate surface area is 294 Å². The Morgan fingerprint density at radius 3 is 0.457 bits per heavy atom. The van der Waals surface area contributed by atoms with Crippen LogP contribution in [0.4, 0.5) is 0 Å². The van der Waals surface area contributed by atoms with Crippen LogP contribution in [0.5, 0.6) is 0 Å². The van der Waals surface area contributed by atoms with E-state index in [1.807, 2.05) is 0 Å². The molecule has 0 saturated carbocycles.